The topological polar surface area (TPSA) is 33.5 Å². The summed E-state index contributed by atoms with van der Waals surface area (Å²) in [5.41, 5.74) is 0. The lowest BCUT2D eigenvalue weighted by Gasteiger charge is -2.17. The van der Waals surface area contributed by atoms with Crippen molar-refractivity contribution in [1.29, 1.82) is 0 Å². The number of hydrogen-bond acceptors (Lipinski definition) is 3. The summed E-state index contributed by atoms with van der Waals surface area (Å²) in [5, 5.41) is 0. The second-order valence-electron chi connectivity index (χ2n) is 5.09. The van der Waals surface area contributed by atoms with E-state index in [1.807, 2.05) is 19.1 Å². The van der Waals surface area contributed by atoms with Gasteiger partial charge in [-0.2, -0.15) is 0 Å². The van der Waals surface area contributed by atoms with E-state index in [1.54, 1.807) is 0 Å². The molecule has 94 valence electrons. The molecule has 1 aromatic rings. The molecule has 1 atom stereocenters. The third kappa shape index (κ3) is 3.43. The van der Waals surface area contributed by atoms with Gasteiger partial charge in [-0.15, -0.1) is 0 Å². The minimum atomic E-state index is 0.316. The van der Waals surface area contributed by atoms with Crippen LogP contribution in [0.15, 0.2) is 16.5 Å². The van der Waals surface area contributed by atoms with Crippen LogP contribution in [-0.4, -0.2) is 24.3 Å². The first-order chi connectivity index (χ1) is 8.15. The van der Waals surface area contributed by atoms with E-state index in [9.17, 15) is 4.79 Å². The van der Waals surface area contributed by atoms with Crippen LogP contribution in [0.4, 0.5) is 0 Å². The second-order valence-corrected chi connectivity index (χ2v) is 5.09. The molecule has 0 saturated heterocycles. The van der Waals surface area contributed by atoms with E-state index in [0.29, 0.717) is 11.7 Å². The van der Waals surface area contributed by atoms with Crippen LogP contribution < -0.4 is 0 Å². The molecule has 1 aliphatic carbocycles. The maximum Gasteiger partial charge on any atom is 0.136 e. The molecule has 0 aromatic carbocycles. The Morgan fingerprint density at radius 2 is 2.29 bits per heavy atom. The summed E-state index contributed by atoms with van der Waals surface area (Å²) in [6.45, 7) is 3.76. The van der Waals surface area contributed by atoms with Crippen LogP contribution in [-0.2, 0) is 11.3 Å². The molecule has 0 amide bonds. The number of Topliss-reactive ketones (excluding diaryl/α,β-unsaturated/α-hetero) is 1. The van der Waals surface area contributed by atoms with Crippen molar-refractivity contribution in [1.82, 2.24) is 4.90 Å². The average Bonchev–Trinajstić information content (AvgIpc) is 2.85. The van der Waals surface area contributed by atoms with E-state index >= 15 is 0 Å². The number of nitrogens with zero attached hydrogens (tertiary/aromatic N) is 1. The molecule has 1 aromatic heterocycles. The Kier molecular flexibility index (Phi) is 4.00. The molecule has 1 unspecified atom stereocenters. The first kappa shape index (κ1) is 12.4. The van der Waals surface area contributed by atoms with Gasteiger partial charge < -0.3 is 4.42 Å². The van der Waals surface area contributed by atoms with Crippen molar-refractivity contribution in [2.75, 3.05) is 13.6 Å². The van der Waals surface area contributed by atoms with Gasteiger partial charge in [0.05, 0.1) is 6.54 Å². The summed E-state index contributed by atoms with van der Waals surface area (Å²) in [6.07, 6.45) is 3.97. The maximum atomic E-state index is 11.5. The Balaban J connectivity index is 1.74. The normalized spacial score (nSPS) is 20.4. The van der Waals surface area contributed by atoms with Crippen LogP contribution in [0.5, 0.6) is 0 Å². The van der Waals surface area contributed by atoms with Gasteiger partial charge in [0.2, 0.25) is 0 Å². The van der Waals surface area contributed by atoms with Gasteiger partial charge in [0, 0.05) is 12.3 Å². The monoisotopic (exact) mass is 235 g/mol. The van der Waals surface area contributed by atoms with Crippen molar-refractivity contribution >= 4 is 5.78 Å². The third-order valence-electron chi connectivity index (χ3n) is 3.51. The minimum absolute atomic E-state index is 0.316. The Labute approximate surface area is 103 Å². The van der Waals surface area contributed by atoms with Crippen LogP contribution in [0.25, 0.3) is 0 Å². The molecule has 0 N–H and O–H groups in total. The molecule has 1 heterocycles. The molecule has 1 saturated carbocycles. The molecule has 0 bridgehead atoms. The summed E-state index contributed by atoms with van der Waals surface area (Å²) in [6, 6.07) is 4.01. The number of hydrogen-bond donors (Lipinski definition) is 0. The van der Waals surface area contributed by atoms with Gasteiger partial charge in [-0.05, 0) is 51.9 Å². The highest BCUT2D eigenvalue weighted by Crippen LogP contribution is 2.24. The van der Waals surface area contributed by atoms with Crippen LogP contribution in [0.3, 0.4) is 0 Å². The van der Waals surface area contributed by atoms with E-state index in [0.717, 1.165) is 50.3 Å². The van der Waals surface area contributed by atoms with Crippen LogP contribution in [0.1, 0.15) is 37.2 Å². The fourth-order valence-corrected chi connectivity index (χ4v) is 2.48. The molecule has 1 fully saturated rings. The minimum Gasteiger partial charge on any atom is -0.465 e. The lowest BCUT2D eigenvalue weighted by molar-refractivity contribution is -0.120. The number of rotatable bonds is 5. The maximum absolute atomic E-state index is 11.5. The number of carbonyl (C=O) groups excluding carboxylic acids is 1. The molecular weight excluding hydrogens is 214 g/mol. The number of carbonyl (C=O) groups is 1. The van der Waals surface area contributed by atoms with Crippen LogP contribution in [0, 0.1) is 12.8 Å². The van der Waals surface area contributed by atoms with Gasteiger partial charge in [0.1, 0.15) is 17.3 Å². The van der Waals surface area contributed by atoms with Crippen molar-refractivity contribution in [2.45, 2.75) is 39.2 Å². The van der Waals surface area contributed by atoms with Gasteiger partial charge in [0.15, 0.2) is 0 Å². The molecule has 1 aliphatic rings. The summed E-state index contributed by atoms with van der Waals surface area (Å²) < 4.78 is 5.54. The number of ketones is 1. The molecule has 2 rings (SSSR count). The summed E-state index contributed by atoms with van der Waals surface area (Å²) >= 11 is 0. The second kappa shape index (κ2) is 5.50. The Bertz CT molecular complexity index is 383. The predicted molar refractivity (Wildman–Crippen MR) is 66.7 cm³/mol. The van der Waals surface area contributed by atoms with Gasteiger partial charge >= 0.3 is 0 Å². The van der Waals surface area contributed by atoms with Gasteiger partial charge in [-0.3, -0.25) is 9.69 Å². The smallest absolute Gasteiger partial charge is 0.136 e. The van der Waals surface area contributed by atoms with Gasteiger partial charge in [-0.1, -0.05) is 0 Å². The lowest BCUT2D eigenvalue weighted by atomic mass is 10.0. The van der Waals surface area contributed by atoms with E-state index in [1.165, 1.54) is 0 Å². The summed E-state index contributed by atoms with van der Waals surface area (Å²) in [4.78, 5) is 13.7. The van der Waals surface area contributed by atoms with Crippen LogP contribution in [0.2, 0.25) is 0 Å². The average molecular weight is 235 g/mol. The van der Waals surface area contributed by atoms with Crippen molar-refractivity contribution in [3.63, 3.8) is 0 Å². The van der Waals surface area contributed by atoms with Gasteiger partial charge in [-0.25, -0.2) is 0 Å². The zero-order chi connectivity index (χ0) is 12.3. The van der Waals surface area contributed by atoms with Crippen molar-refractivity contribution in [2.24, 2.45) is 5.92 Å². The number of aryl methyl sites for hydroxylation is 1. The first-order valence-corrected chi connectivity index (χ1v) is 6.42. The lowest BCUT2D eigenvalue weighted by Crippen LogP contribution is -2.22. The van der Waals surface area contributed by atoms with Crippen LogP contribution >= 0.6 is 0 Å². The van der Waals surface area contributed by atoms with E-state index in [-0.39, 0.29) is 0 Å². The Morgan fingerprint density at radius 3 is 2.88 bits per heavy atom. The molecule has 0 spiro atoms. The summed E-state index contributed by atoms with van der Waals surface area (Å²) in [5.74, 6) is 2.74. The first-order valence-electron chi connectivity index (χ1n) is 6.42. The van der Waals surface area contributed by atoms with Gasteiger partial charge in [0.25, 0.3) is 0 Å². The van der Waals surface area contributed by atoms with E-state index < -0.39 is 0 Å². The quantitative estimate of drug-likeness (QED) is 0.787. The third-order valence-corrected chi connectivity index (χ3v) is 3.51. The van der Waals surface area contributed by atoms with E-state index in [4.69, 9.17) is 4.42 Å². The molecule has 0 radical (unpaired) electrons. The molecule has 17 heavy (non-hydrogen) atoms. The van der Waals surface area contributed by atoms with Crippen molar-refractivity contribution in [3.8, 4) is 0 Å². The highest BCUT2D eigenvalue weighted by Gasteiger charge is 2.24. The number of furan rings is 1. The van der Waals surface area contributed by atoms with Crippen molar-refractivity contribution in [3.05, 3.63) is 23.7 Å². The Morgan fingerprint density at radius 1 is 1.47 bits per heavy atom. The fourth-order valence-electron chi connectivity index (χ4n) is 2.48. The fraction of sp³-hybridized carbons (Fsp3) is 0.643. The molecule has 0 aliphatic heterocycles. The zero-order valence-electron chi connectivity index (χ0n) is 10.7. The molecular formula is C14H21NO2. The summed E-state index contributed by atoms with van der Waals surface area (Å²) in [7, 11) is 2.08. The highest BCUT2D eigenvalue weighted by atomic mass is 16.3. The highest BCUT2D eigenvalue weighted by molar-refractivity contribution is 5.82. The van der Waals surface area contributed by atoms with E-state index in [2.05, 4.69) is 11.9 Å². The standard InChI is InChI=1S/C14H21NO2/c1-11-6-7-13(17-11)10-15(2)9-8-12-4-3-5-14(12)16/h6-7,12H,3-5,8-10H2,1-2H3. The zero-order valence-corrected chi connectivity index (χ0v) is 10.7. The molecule has 3 heteroatoms. The van der Waals surface area contributed by atoms with Crippen molar-refractivity contribution < 1.29 is 9.21 Å². The molecule has 3 nitrogen and oxygen atoms in total. The largest absolute Gasteiger partial charge is 0.465 e. The Hall–Kier alpha value is -1.09. The SMILES string of the molecule is Cc1ccc(CN(C)CCC2CCCC2=O)o1. The predicted octanol–water partition coefficient (Wildman–Crippen LogP) is 2.78.